The quantitative estimate of drug-likeness (QED) is 0.469. The van der Waals surface area contributed by atoms with Crippen LogP contribution in [-0.4, -0.2) is 68.7 Å². The largest absolute Gasteiger partial charge is 0.478 e. The number of nitrogens with zero attached hydrogens (tertiary/aromatic N) is 3. The third-order valence-corrected chi connectivity index (χ3v) is 7.97. The number of aliphatic carboxylic acids is 2. The number of halogens is 2. The van der Waals surface area contributed by atoms with E-state index in [1.54, 1.807) is 27.8 Å². The van der Waals surface area contributed by atoms with Crippen molar-refractivity contribution in [2.75, 3.05) is 14.2 Å². The van der Waals surface area contributed by atoms with E-state index in [0.717, 1.165) is 20.8 Å². The number of ether oxygens (including phenoxy) is 1. The van der Waals surface area contributed by atoms with Gasteiger partial charge in [0.2, 0.25) is 5.92 Å². The Kier molecular flexibility index (Phi) is 7.93. The Morgan fingerprint density at radius 1 is 1.31 bits per heavy atom. The SMILES string of the molecule is COC(/C(=C\C(=O)O)C(=O)O)C(C)(C)N(C)Cc1nc(C)nc2sc(C3CCC(F)(F)CC3)cc12. The van der Waals surface area contributed by atoms with E-state index in [1.807, 2.05) is 11.0 Å². The Balaban J connectivity index is 1.92. The predicted molar refractivity (Wildman–Crippen MR) is 128 cm³/mol. The van der Waals surface area contributed by atoms with Crippen LogP contribution < -0.4 is 0 Å². The van der Waals surface area contributed by atoms with Crippen LogP contribution in [0.25, 0.3) is 10.2 Å². The lowest BCUT2D eigenvalue weighted by Gasteiger charge is -2.41. The first-order chi connectivity index (χ1) is 16.2. The molecular weight excluding hydrogens is 480 g/mol. The van der Waals surface area contributed by atoms with Gasteiger partial charge in [-0.1, -0.05) is 0 Å². The highest BCUT2D eigenvalue weighted by Gasteiger charge is 2.40. The fourth-order valence-corrected chi connectivity index (χ4v) is 5.84. The lowest BCUT2D eigenvalue weighted by molar-refractivity contribution is -0.137. The summed E-state index contributed by atoms with van der Waals surface area (Å²) in [7, 11) is 3.12. The van der Waals surface area contributed by atoms with Gasteiger partial charge in [0, 0.05) is 48.4 Å². The number of fused-ring (bicyclic) bond motifs is 1. The van der Waals surface area contributed by atoms with Crippen LogP contribution >= 0.6 is 11.3 Å². The van der Waals surface area contributed by atoms with Crippen LogP contribution in [0, 0.1) is 6.92 Å². The van der Waals surface area contributed by atoms with E-state index in [2.05, 4.69) is 9.97 Å². The van der Waals surface area contributed by atoms with E-state index in [1.165, 1.54) is 18.4 Å². The maximum Gasteiger partial charge on any atom is 0.334 e. The molecule has 2 N–H and O–H groups in total. The van der Waals surface area contributed by atoms with Crippen molar-refractivity contribution in [3.8, 4) is 0 Å². The summed E-state index contributed by atoms with van der Waals surface area (Å²) in [5.41, 5.74) is -0.568. The van der Waals surface area contributed by atoms with Gasteiger partial charge in [0.05, 0.1) is 11.3 Å². The normalized spacial score (nSPS) is 18.2. The average molecular weight is 512 g/mol. The van der Waals surface area contributed by atoms with E-state index in [0.29, 0.717) is 31.3 Å². The minimum Gasteiger partial charge on any atom is -0.478 e. The number of thiophene rings is 1. The summed E-state index contributed by atoms with van der Waals surface area (Å²) in [6, 6.07) is 1.99. The van der Waals surface area contributed by atoms with Crippen LogP contribution in [0.5, 0.6) is 0 Å². The highest BCUT2D eigenvalue weighted by Crippen LogP contribution is 2.44. The zero-order valence-electron chi connectivity index (χ0n) is 20.5. The number of aryl methyl sites for hydroxylation is 1. The van der Waals surface area contributed by atoms with Gasteiger partial charge in [-0.2, -0.15) is 0 Å². The number of carbonyl (C=O) groups is 2. The van der Waals surface area contributed by atoms with Crippen molar-refractivity contribution in [3.05, 3.63) is 34.1 Å². The third-order valence-electron chi connectivity index (χ3n) is 6.78. The average Bonchev–Trinajstić information content (AvgIpc) is 3.16. The molecule has 3 rings (SSSR count). The van der Waals surface area contributed by atoms with Crippen molar-refractivity contribution in [2.24, 2.45) is 0 Å². The number of carboxylic acids is 2. The molecule has 2 aromatic heterocycles. The van der Waals surface area contributed by atoms with Crippen molar-refractivity contribution in [1.29, 1.82) is 0 Å². The first kappa shape index (κ1) is 27.1. The lowest BCUT2D eigenvalue weighted by atomic mass is 9.86. The molecule has 35 heavy (non-hydrogen) atoms. The first-order valence-electron chi connectivity index (χ1n) is 11.3. The third kappa shape index (κ3) is 6.02. The fraction of sp³-hybridized carbons (Fsp3) is 0.583. The zero-order chi connectivity index (χ0) is 26.1. The highest BCUT2D eigenvalue weighted by atomic mass is 32.1. The molecular formula is C24H31F2N3O5S. The van der Waals surface area contributed by atoms with Crippen LogP contribution in [0.15, 0.2) is 17.7 Å². The maximum atomic E-state index is 13.6. The van der Waals surface area contributed by atoms with Gasteiger partial charge in [0.25, 0.3) is 0 Å². The number of aromatic nitrogens is 2. The van der Waals surface area contributed by atoms with Gasteiger partial charge in [-0.25, -0.2) is 28.3 Å². The molecule has 192 valence electrons. The molecule has 0 aromatic carbocycles. The number of rotatable bonds is 9. The second-order valence-corrected chi connectivity index (χ2v) is 10.6. The van der Waals surface area contributed by atoms with Crippen LogP contribution in [-0.2, 0) is 20.9 Å². The van der Waals surface area contributed by atoms with Crippen molar-refractivity contribution in [1.82, 2.24) is 14.9 Å². The Bertz CT molecular complexity index is 1140. The minimum absolute atomic E-state index is 0.0632. The Labute approximate surface area is 206 Å². The van der Waals surface area contributed by atoms with Crippen LogP contribution in [0.2, 0.25) is 0 Å². The maximum absolute atomic E-state index is 13.6. The molecule has 1 atom stereocenters. The van der Waals surface area contributed by atoms with E-state index in [9.17, 15) is 23.5 Å². The summed E-state index contributed by atoms with van der Waals surface area (Å²) in [5.74, 6) is -4.70. The Morgan fingerprint density at radius 2 is 1.94 bits per heavy atom. The number of alkyl halides is 2. The molecule has 1 aliphatic rings. The molecule has 1 unspecified atom stereocenters. The van der Waals surface area contributed by atoms with Gasteiger partial charge < -0.3 is 14.9 Å². The lowest BCUT2D eigenvalue weighted by Crippen LogP contribution is -2.52. The highest BCUT2D eigenvalue weighted by molar-refractivity contribution is 7.18. The second kappa shape index (κ2) is 10.2. The molecule has 2 heterocycles. The van der Waals surface area contributed by atoms with Gasteiger partial charge >= 0.3 is 11.9 Å². The second-order valence-electron chi connectivity index (χ2n) is 9.58. The van der Waals surface area contributed by atoms with Gasteiger partial charge in [-0.3, -0.25) is 4.90 Å². The molecule has 0 spiro atoms. The molecule has 0 aliphatic heterocycles. The molecule has 1 fully saturated rings. The van der Waals surface area contributed by atoms with Gasteiger partial charge in [-0.05, 0) is 52.6 Å². The van der Waals surface area contributed by atoms with E-state index < -0.39 is 29.5 Å². The molecule has 0 radical (unpaired) electrons. The summed E-state index contributed by atoms with van der Waals surface area (Å²) in [4.78, 5) is 35.8. The molecule has 0 amide bonds. The molecule has 0 bridgehead atoms. The van der Waals surface area contributed by atoms with Gasteiger partial charge in [0.15, 0.2) is 0 Å². The van der Waals surface area contributed by atoms with Crippen molar-refractivity contribution < 1.29 is 33.3 Å². The van der Waals surface area contributed by atoms with Gasteiger partial charge in [-0.15, -0.1) is 11.3 Å². The number of hydrogen-bond donors (Lipinski definition) is 2. The van der Waals surface area contributed by atoms with Crippen molar-refractivity contribution in [3.63, 3.8) is 0 Å². The monoisotopic (exact) mass is 511 g/mol. The van der Waals surface area contributed by atoms with E-state index in [-0.39, 0.29) is 24.3 Å². The van der Waals surface area contributed by atoms with E-state index >= 15 is 0 Å². The summed E-state index contributed by atoms with van der Waals surface area (Å²) in [6.07, 6.45) is 0.234. The van der Waals surface area contributed by atoms with Crippen LogP contribution in [0.4, 0.5) is 8.78 Å². The van der Waals surface area contributed by atoms with Crippen LogP contribution in [0.1, 0.15) is 61.8 Å². The predicted octanol–water partition coefficient (Wildman–Crippen LogP) is 4.61. The zero-order valence-corrected chi connectivity index (χ0v) is 21.3. The summed E-state index contributed by atoms with van der Waals surface area (Å²) >= 11 is 1.50. The molecule has 11 heteroatoms. The number of methoxy groups -OCH3 is 1. The van der Waals surface area contributed by atoms with Crippen molar-refractivity contribution in [2.45, 2.75) is 76.5 Å². The molecule has 1 saturated carbocycles. The standard InChI is InChI=1S/C24H31F2N3O5S/c1-13-27-17(12-29(4)23(2,3)20(34-5)16(22(32)33)11-19(30)31)15-10-18(35-21(15)28-13)14-6-8-24(25,26)9-7-14/h10-11,14,20H,6-9,12H2,1-5H3,(H,30,31)(H,32,33)/b16-11+. The molecule has 1 aliphatic carbocycles. The number of likely N-dealkylation sites (N-methyl/N-ethyl adjacent to an activating group) is 1. The van der Waals surface area contributed by atoms with Crippen LogP contribution in [0.3, 0.4) is 0 Å². The summed E-state index contributed by atoms with van der Waals surface area (Å²) in [5, 5.41) is 19.6. The topological polar surface area (TPSA) is 113 Å². The molecule has 8 nitrogen and oxygen atoms in total. The number of hydrogen-bond acceptors (Lipinski definition) is 7. The van der Waals surface area contributed by atoms with Gasteiger partial charge in [0.1, 0.15) is 16.8 Å². The fourth-order valence-electron chi connectivity index (χ4n) is 4.57. The smallest absolute Gasteiger partial charge is 0.334 e. The first-order valence-corrected chi connectivity index (χ1v) is 12.1. The summed E-state index contributed by atoms with van der Waals surface area (Å²) < 4.78 is 32.7. The Hall–Kier alpha value is -2.50. The molecule has 2 aromatic rings. The molecule has 0 saturated heterocycles. The van der Waals surface area contributed by atoms with E-state index in [4.69, 9.17) is 9.84 Å². The minimum atomic E-state index is -2.59. The summed E-state index contributed by atoms with van der Waals surface area (Å²) in [6.45, 7) is 5.63. The number of carboxylic acid groups (broad SMARTS) is 2. The Morgan fingerprint density at radius 3 is 2.49 bits per heavy atom. The van der Waals surface area contributed by atoms with Crippen molar-refractivity contribution >= 4 is 33.5 Å².